The van der Waals surface area contributed by atoms with Crippen LogP contribution in [0.5, 0.6) is 0 Å². The summed E-state index contributed by atoms with van der Waals surface area (Å²) in [5.41, 5.74) is 6.90. The fourth-order valence-corrected chi connectivity index (χ4v) is 2.89. The van der Waals surface area contributed by atoms with Crippen LogP contribution in [0.4, 0.5) is 11.4 Å². The molecule has 1 amide bonds. The lowest BCUT2D eigenvalue weighted by Crippen LogP contribution is -2.39. The second-order valence-corrected chi connectivity index (χ2v) is 5.69. The number of likely N-dealkylation sites (N-methyl/N-ethyl adjacent to an activating group) is 1. The van der Waals surface area contributed by atoms with Gasteiger partial charge in [0.2, 0.25) is 5.91 Å². The lowest BCUT2D eigenvalue weighted by atomic mass is 10.2. The Hall–Kier alpha value is -1.26. The third-order valence-electron chi connectivity index (χ3n) is 3.87. The number of carbonyl (C=O) groups is 1. The Labute approximate surface area is 125 Å². The fourth-order valence-electron chi connectivity index (χ4n) is 2.77. The molecular weight excluding hydrogens is 274 g/mol. The lowest BCUT2D eigenvalue weighted by molar-refractivity contribution is -0.117. The van der Waals surface area contributed by atoms with E-state index in [2.05, 4.69) is 17.1 Å². The van der Waals surface area contributed by atoms with Gasteiger partial charge < -0.3 is 11.1 Å². The van der Waals surface area contributed by atoms with Crippen molar-refractivity contribution in [3.63, 3.8) is 0 Å². The van der Waals surface area contributed by atoms with Gasteiger partial charge in [0.05, 0.1) is 17.3 Å². The first-order valence-corrected chi connectivity index (χ1v) is 7.57. The summed E-state index contributed by atoms with van der Waals surface area (Å²) in [6.45, 7) is 3.44. The van der Waals surface area contributed by atoms with Crippen LogP contribution in [0.15, 0.2) is 18.2 Å². The van der Waals surface area contributed by atoms with Crippen LogP contribution in [0.2, 0.25) is 5.02 Å². The zero-order valence-corrected chi connectivity index (χ0v) is 12.6. The molecule has 2 rings (SSSR count). The SMILES string of the molecule is CCN(CC(=O)Nc1ccc(Cl)c(N)c1)C1CCCC1. The van der Waals surface area contributed by atoms with Crippen LogP contribution in [0.3, 0.4) is 0 Å². The van der Waals surface area contributed by atoms with Gasteiger partial charge >= 0.3 is 0 Å². The van der Waals surface area contributed by atoms with Crippen molar-refractivity contribution in [3.8, 4) is 0 Å². The van der Waals surface area contributed by atoms with E-state index >= 15 is 0 Å². The number of nitrogens with two attached hydrogens (primary N) is 1. The van der Waals surface area contributed by atoms with E-state index in [1.165, 1.54) is 25.7 Å². The van der Waals surface area contributed by atoms with E-state index in [0.717, 1.165) is 6.54 Å². The zero-order valence-electron chi connectivity index (χ0n) is 11.9. The molecule has 0 unspecified atom stereocenters. The molecule has 110 valence electrons. The molecule has 1 saturated carbocycles. The van der Waals surface area contributed by atoms with Crippen LogP contribution < -0.4 is 11.1 Å². The van der Waals surface area contributed by atoms with Gasteiger partial charge in [0, 0.05) is 11.7 Å². The summed E-state index contributed by atoms with van der Waals surface area (Å²) in [6, 6.07) is 5.70. The number of hydrogen-bond acceptors (Lipinski definition) is 3. The van der Waals surface area contributed by atoms with Crippen molar-refractivity contribution in [2.75, 3.05) is 24.1 Å². The minimum Gasteiger partial charge on any atom is -0.397 e. The number of amides is 1. The summed E-state index contributed by atoms with van der Waals surface area (Å²) in [7, 11) is 0. The molecule has 0 aromatic heterocycles. The standard InChI is InChI=1S/C15H22ClN3O/c1-2-19(12-5-3-4-6-12)10-15(20)18-11-7-8-13(16)14(17)9-11/h7-9,12H,2-6,10,17H2,1H3,(H,18,20). The number of nitrogens with one attached hydrogen (secondary N) is 1. The molecule has 0 bridgehead atoms. The topological polar surface area (TPSA) is 58.4 Å². The van der Waals surface area contributed by atoms with Gasteiger partial charge in [-0.25, -0.2) is 0 Å². The Morgan fingerprint density at radius 3 is 2.75 bits per heavy atom. The molecule has 1 aromatic rings. The van der Waals surface area contributed by atoms with Crippen LogP contribution in [-0.4, -0.2) is 29.9 Å². The second-order valence-electron chi connectivity index (χ2n) is 5.29. The maximum Gasteiger partial charge on any atom is 0.238 e. The molecule has 0 heterocycles. The molecule has 20 heavy (non-hydrogen) atoms. The van der Waals surface area contributed by atoms with E-state index < -0.39 is 0 Å². The highest BCUT2D eigenvalue weighted by molar-refractivity contribution is 6.33. The summed E-state index contributed by atoms with van der Waals surface area (Å²) in [4.78, 5) is 14.4. The first-order chi connectivity index (χ1) is 9.60. The van der Waals surface area contributed by atoms with Crippen molar-refractivity contribution in [3.05, 3.63) is 23.2 Å². The van der Waals surface area contributed by atoms with Crippen molar-refractivity contribution in [2.45, 2.75) is 38.6 Å². The summed E-state index contributed by atoms with van der Waals surface area (Å²) in [6.07, 6.45) is 4.96. The van der Waals surface area contributed by atoms with Crippen molar-refractivity contribution in [1.82, 2.24) is 4.90 Å². The molecule has 1 aliphatic rings. The quantitative estimate of drug-likeness (QED) is 0.821. The minimum atomic E-state index is 0.000437. The smallest absolute Gasteiger partial charge is 0.238 e. The largest absolute Gasteiger partial charge is 0.397 e. The summed E-state index contributed by atoms with van der Waals surface area (Å²) in [5.74, 6) is 0.000437. The molecule has 0 aliphatic heterocycles. The molecule has 0 spiro atoms. The van der Waals surface area contributed by atoms with E-state index in [9.17, 15) is 4.79 Å². The molecule has 4 nitrogen and oxygen atoms in total. The van der Waals surface area contributed by atoms with Gasteiger partial charge in [0.1, 0.15) is 0 Å². The Bertz CT molecular complexity index is 472. The highest BCUT2D eigenvalue weighted by atomic mass is 35.5. The molecular formula is C15H22ClN3O. The van der Waals surface area contributed by atoms with Crippen LogP contribution in [-0.2, 0) is 4.79 Å². The predicted octanol–water partition coefficient (Wildman–Crippen LogP) is 3.13. The number of hydrogen-bond donors (Lipinski definition) is 2. The Morgan fingerprint density at radius 2 is 2.15 bits per heavy atom. The lowest BCUT2D eigenvalue weighted by Gasteiger charge is -2.26. The first-order valence-electron chi connectivity index (χ1n) is 7.19. The fraction of sp³-hybridized carbons (Fsp3) is 0.533. The van der Waals surface area contributed by atoms with Gasteiger partial charge in [-0.1, -0.05) is 31.4 Å². The predicted molar refractivity (Wildman–Crippen MR) is 84.0 cm³/mol. The van der Waals surface area contributed by atoms with Crippen LogP contribution in [0, 0.1) is 0 Å². The number of halogens is 1. The van der Waals surface area contributed by atoms with Gasteiger partial charge in [0.25, 0.3) is 0 Å². The molecule has 1 aliphatic carbocycles. The Kier molecular flexibility index (Phi) is 5.26. The number of rotatable bonds is 5. The Morgan fingerprint density at radius 1 is 1.45 bits per heavy atom. The summed E-state index contributed by atoms with van der Waals surface area (Å²) in [5, 5.41) is 3.38. The van der Waals surface area contributed by atoms with Crippen molar-refractivity contribution >= 4 is 28.9 Å². The van der Waals surface area contributed by atoms with Crippen molar-refractivity contribution < 1.29 is 4.79 Å². The van der Waals surface area contributed by atoms with Gasteiger partial charge in [-0.15, -0.1) is 0 Å². The van der Waals surface area contributed by atoms with Gasteiger partial charge in [-0.3, -0.25) is 9.69 Å². The minimum absolute atomic E-state index is 0.000437. The average molecular weight is 296 g/mol. The van der Waals surface area contributed by atoms with Crippen LogP contribution >= 0.6 is 11.6 Å². The molecule has 5 heteroatoms. The van der Waals surface area contributed by atoms with Crippen molar-refractivity contribution in [1.29, 1.82) is 0 Å². The molecule has 3 N–H and O–H groups in total. The molecule has 0 saturated heterocycles. The summed E-state index contributed by atoms with van der Waals surface area (Å²) >= 11 is 5.86. The molecule has 1 fully saturated rings. The molecule has 0 atom stereocenters. The third kappa shape index (κ3) is 3.87. The van der Waals surface area contributed by atoms with Crippen LogP contribution in [0.1, 0.15) is 32.6 Å². The van der Waals surface area contributed by atoms with Gasteiger partial charge in [-0.2, -0.15) is 0 Å². The van der Waals surface area contributed by atoms with E-state index in [-0.39, 0.29) is 5.91 Å². The number of carbonyl (C=O) groups excluding carboxylic acids is 1. The van der Waals surface area contributed by atoms with Crippen molar-refractivity contribution in [2.24, 2.45) is 0 Å². The molecule has 0 radical (unpaired) electrons. The number of nitrogens with zero attached hydrogens (tertiary/aromatic N) is 1. The maximum absolute atomic E-state index is 12.1. The average Bonchev–Trinajstić information content (AvgIpc) is 2.94. The maximum atomic E-state index is 12.1. The van der Waals surface area contributed by atoms with E-state index in [4.69, 9.17) is 17.3 Å². The zero-order chi connectivity index (χ0) is 14.5. The normalized spacial score (nSPS) is 15.8. The Balaban J connectivity index is 1.91. The summed E-state index contributed by atoms with van der Waals surface area (Å²) < 4.78 is 0. The number of anilines is 2. The van der Waals surface area contributed by atoms with Gasteiger partial charge in [-0.05, 0) is 37.6 Å². The highest BCUT2D eigenvalue weighted by Gasteiger charge is 2.23. The number of nitrogen functional groups attached to an aromatic ring is 1. The van der Waals surface area contributed by atoms with E-state index in [1.54, 1.807) is 18.2 Å². The first kappa shape index (κ1) is 15.1. The molecule has 1 aromatic carbocycles. The van der Waals surface area contributed by atoms with Crippen LogP contribution in [0.25, 0.3) is 0 Å². The third-order valence-corrected chi connectivity index (χ3v) is 4.22. The highest BCUT2D eigenvalue weighted by Crippen LogP contribution is 2.24. The van der Waals surface area contributed by atoms with E-state index in [0.29, 0.717) is 29.0 Å². The van der Waals surface area contributed by atoms with E-state index in [1.807, 2.05) is 0 Å². The second kappa shape index (κ2) is 6.95. The number of benzene rings is 1. The van der Waals surface area contributed by atoms with Gasteiger partial charge in [0.15, 0.2) is 0 Å². The monoisotopic (exact) mass is 295 g/mol.